The van der Waals surface area contributed by atoms with E-state index < -0.39 is 14.9 Å². The van der Waals surface area contributed by atoms with Gasteiger partial charge in [0.1, 0.15) is 18.2 Å². The van der Waals surface area contributed by atoms with Crippen LogP contribution >= 0.6 is 0 Å². The van der Waals surface area contributed by atoms with Gasteiger partial charge in [-0.15, -0.1) is 0 Å². The number of para-hydroxylation sites is 1. The Bertz CT molecular complexity index is 876. The molecule has 0 amide bonds. The van der Waals surface area contributed by atoms with E-state index >= 15 is 0 Å². The zero-order valence-corrected chi connectivity index (χ0v) is 13.2. The molecule has 0 aliphatic rings. The topological polar surface area (TPSA) is 122 Å². The maximum atomic E-state index is 12.0. The molecule has 9 heteroatoms. The van der Waals surface area contributed by atoms with Crippen LogP contribution in [0.1, 0.15) is 5.56 Å². The highest BCUT2D eigenvalue weighted by atomic mass is 32.2. The molecule has 0 unspecified atom stereocenters. The molecule has 124 valence electrons. The fraction of sp³-hybridized carbons (Fsp3) is 0.133. The molecule has 0 radical (unpaired) electrons. The fourth-order valence-electron chi connectivity index (χ4n) is 1.92. The monoisotopic (exact) mass is 347 g/mol. The van der Waals surface area contributed by atoms with Crippen molar-refractivity contribution in [2.24, 2.45) is 0 Å². The Labute approximate surface area is 138 Å². The highest BCUT2D eigenvalue weighted by Gasteiger charge is 2.19. The smallest absolute Gasteiger partial charge is 0.312 e. The van der Waals surface area contributed by atoms with Crippen molar-refractivity contribution in [1.29, 1.82) is 5.26 Å². The minimum Gasteiger partial charge on any atom is -0.485 e. The van der Waals surface area contributed by atoms with Crippen LogP contribution in [0.25, 0.3) is 0 Å². The van der Waals surface area contributed by atoms with Crippen LogP contribution in [0.5, 0.6) is 5.75 Å². The number of sulfonamides is 1. The summed E-state index contributed by atoms with van der Waals surface area (Å²) in [6, 6.07) is 13.6. The van der Waals surface area contributed by atoms with Crippen molar-refractivity contribution in [2.45, 2.75) is 4.90 Å². The number of hydrogen-bond donors (Lipinski definition) is 1. The zero-order valence-electron chi connectivity index (χ0n) is 12.4. The van der Waals surface area contributed by atoms with Crippen molar-refractivity contribution in [1.82, 2.24) is 4.72 Å². The second-order valence-corrected chi connectivity index (χ2v) is 6.35. The van der Waals surface area contributed by atoms with Gasteiger partial charge in [0.25, 0.3) is 0 Å². The SMILES string of the molecule is N#Cc1cccc([N+](=O)[O-])c1OCCNS(=O)(=O)c1ccccc1. The van der Waals surface area contributed by atoms with Gasteiger partial charge in [-0.25, -0.2) is 13.1 Å². The average Bonchev–Trinajstić information content (AvgIpc) is 2.59. The van der Waals surface area contributed by atoms with Crippen molar-refractivity contribution in [3.63, 3.8) is 0 Å². The predicted molar refractivity (Wildman–Crippen MR) is 84.9 cm³/mol. The molecule has 0 saturated heterocycles. The van der Waals surface area contributed by atoms with Gasteiger partial charge in [0.15, 0.2) is 0 Å². The third kappa shape index (κ3) is 4.07. The Kier molecular flexibility index (Phi) is 5.47. The lowest BCUT2D eigenvalue weighted by Gasteiger charge is -2.09. The number of nitrogens with one attached hydrogen (secondary N) is 1. The minimum absolute atomic E-state index is 0.00937. The van der Waals surface area contributed by atoms with E-state index in [0.717, 1.165) is 0 Å². The summed E-state index contributed by atoms with van der Waals surface area (Å²) in [4.78, 5) is 10.4. The molecule has 0 spiro atoms. The van der Waals surface area contributed by atoms with Gasteiger partial charge in [-0.3, -0.25) is 10.1 Å². The van der Waals surface area contributed by atoms with Gasteiger partial charge in [0.2, 0.25) is 15.8 Å². The molecule has 2 rings (SSSR count). The largest absolute Gasteiger partial charge is 0.485 e. The summed E-state index contributed by atoms with van der Waals surface area (Å²) >= 11 is 0. The van der Waals surface area contributed by atoms with Crippen LogP contribution in [-0.4, -0.2) is 26.5 Å². The molecule has 2 aromatic carbocycles. The Morgan fingerprint density at radius 1 is 1.17 bits per heavy atom. The number of nitriles is 1. The molecule has 0 heterocycles. The number of hydrogen-bond acceptors (Lipinski definition) is 6. The summed E-state index contributed by atoms with van der Waals surface area (Å²) < 4.78 is 31.6. The number of rotatable bonds is 7. The molecular weight excluding hydrogens is 334 g/mol. The van der Waals surface area contributed by atoms with E-state index in [4.69, 9.17) is 10.00 Å². The van der Waals surface area contributed by atoms with Gasteiger partial charge in [-0.1, -0.05) is 24.3 Å². The van der Waals surface area contributed by atoms with Crippen LogP contribution in [0.3, 0.4) is 0 Å². The fourth-order valence-corrected chi connectivity index (χ4v) is 2.95. The average molecular weight is 347 g/mol. The summed E-state index contributed by atoms with van der Waals surface area (Å²) in [5, 5.41) is 20.0. The number of benzene rings is 2. The maximum Gasteiger partial charge on any atom is 0.312 e. The third-order valence-electron chi connectivity index (χ3n) is 3.01. The Morgan fingerprint density at radius 2 is 1.88 bits per heavy atom. The lowest BCUT2D eigenvalue weighted by molar-refractivity contribution is -0.385. The summed E-state index contributed by atoms with van der Waals surface area (Å²) in [5.74, 6) is -0.177. The third-order valence-corrected chi connectivity index (χ3v) is 4.48. The standard InChI is InChI=1S/C15H13N3O5S/c16-11-12-5-4-8-14(18(19)20)15(12)23-10-9-17-24(21,22)13-6-2-1-3-7-13/h1-8,17H,9-10H2. The van der Waals surface area contributed by atoms with E-state index in [9.17, 15) is 18.5 Å². The number of nitro benzene ring substituents is 1. The van der Waals surface area contributed by atoms with E-state index in [2.05, 4.69) is 4.72 Å². The second-order valence-electron chi connectivity index (χ2n) is 4.58. The van der Waals surface area contributed by atoms with Gasteiger partial charge >= 0.3 is 5.69 Å². The van der Waals surface area contributed by atoms with Gasteiger partial charge in [0, 0.05) is 12.6 Å². The summed E-state index contributed by atoms with van der Waals surface area (Å²) in [7, 11) is -3.69. The van der Waals surface area contributed by atoms with Gasteiger partial charge in [-0.2, -0.15) is 5.26 Å². The molecule has 2 aromatic rings. The lowest BCUT2D eigenvalue weighted by atomic mass is 10.2. The van der Waals surface area contributed by atoms with E-state index in [0.29, 0.717) is 0 Å². The zero-order chi connectivity index (χ0) is 17.6. The molecule has 0 saturated carbocycles. The summed E-state index contributed by atoms with van der Waals surface area (Å²) in [6.07, 6.45) is 0. The molecule has 0 atom stereocenters. The molecule has 1 N–H and O–H groups in total. The van der Waals surface area contributed by atoms with E-state index in [1.807, 2.05) is 0 Å². The number of nitro groups is 1. The van der Waals surface area contributed by atoms with Gasteiger partial charge in [-0.05, 0) is 18.2 Å². The molecule has 0 aromatic heterocycles. The summed E-state index contributed by atoms with van der Waals surface area (Å²) in [5.41, 5.74) is -0.338. The number of ether oxygens (including phenoxy) is 1. The van der Waals surface area contributed by atoms with Crippen LogP contribution in [0.2, 0.25) is 0 Å². The lowest BCUT2D eigenvalue weighted by Crippen LogP contribution is -2.28. The maximum absolute atomic E-state index is 12.0. The highest BCUT2D eigenvalue weighted by molar-refractivity contribution is 7.89. The van der Waals surface area contributed by atoms with Crippen LogP contribution in [0, 0.1) is 21.4 Å². The molecular formula is C15H13N3O5S. The van der Waals surface area contributed by atoms with Gasteiger partial charge < -0.3 is 4.74 Å². The predicted octanol–water partition coefficient (Wildman–Crippen LogP) is 1.82. The molecule has 0 aliphatic heterocycles. The molecule has 0 aliphatic carbocycles. The Balaban J connectivity index is 2.03. The molecule has 24 heavy (non-hydrogen) atoms. The minimum atomic E-state index is -3.69. The van der Waals surface area contributed by atoms with Crippen LogP contribution in [-0.2, 0) is 10.0 Å². The Morgan fingerprint density at radius 3 is 2.50 bits per heavy atom. The van der Waals surface area contributed by atoms with Crippen molar-refractivity contribution in [2.75, 3.05) is 13.2 Å². The van der Waals surface area contributed by atoms with E-state index in [1.54, 1.807) is 24.3 Å². The molecule has 0 bridgehead atoms. The quantitative estimate of drug-likeness (QED) is 0.463. The molecule has 8 nitrogen and oxygen atoms in total. The van der Waals surface area contributed by atoms with Crippen LogP contribution in [0.15, 0.2) is 53.4 Å². The van der Waals surface area contributed by atoms with E-state index in [-0.39, 0.29) is 35.0 Å². The van der Waals surface area contributed by atoms with Crippen molar-refractivity contribution < 1.29 is 18.1 Å². The van der Waals surface area contributed by atoms with Gasteiger partial charge in [0.05, 0.1) is 9.82 Å². The molecule has 0 fully saturated rings. The van der Waals surface area contributed by atoms with Crippen molar-refractivity contribution in [3.05, 3.63) is 64.2 Å². The first-order chi connectivity index (χ1) is 11.5. The Hall–Kier alpha value is -2.96. The van der Waals surface area contributed by atoms with Crippen molar-refractivity contribution in [3.8, 4) is 11.8 Å². The van der Waals surface area contributed by atoms with Crippen LogP contribution in [0.4, 0.5) is 5.69 Å². The first-order valence-corrected chi connectivity index (χ1v) is 8.29. The van der Waals surface area contributed by atoms with Crippen molar-refractivity contribution >= 4 is 15.7 Å². The van der Waals surface area contributed by atoms with Crippen LogP contribution < -0.4 is 9.46 Å². The highest BCUT2D eigenvalue weighted by Crippen LogP contribution is 2.30. The number of nitrogens with zero attached hydrogens (tertiary/aromatic N) is 2. The normalized spacial score (nSPS) is 10.8. The first-order valence-electron chi connectivity index (χ1n) is 6.80. The van der Waals surface area contributed by atoms with E-state index in [1.165, 1.54) is 30.3 Å². The summed E-state index contributed by atoms with van der Waals surface area (Å²) in [6.45, 7) is -0.264. The second kappa shape index (κ2) is 7.54. The first kappa shape index (κ1) is 17.4.